The van der Waals surface area contributed by atoms with Crippen LogP contribution >= 0.6 is 0 Å². The molecule has 0 aromatic heterocycles. The minimum absolute atomic E-state index is 0. The molecule has 4 nitrogen and oxygen atoms in total. The second-order valence-electron chi connectivity index (χ2n) is 8.52. The largest absolute Gasteiger partial charge is 1.00 e. The Morgan fingerprint density at radius 1 is 0.621 bits per heavy atom. The molecule has 0 heterocycles. The third kappa shape index (κ3) is 22.5. The molecule has 0 aliphatic heterocycles. The minimum atomic E-state index is -4.13. The van der Waals surface area contributed by atoms with Crippen molar-refractivity contribution in [1.29, 1.82) is 0 Å². The molecule has 170 valence electrons. The molecule has 0 spiro atoms. The van der Waals surface area contributed by atoms with Crippen molar-refractivity contribution >= 4 is 10.1 Å². The van der Waals surface area contributed by atoms with Crippen molar-refractivity contribution in [2.75, 3.05) is 0 Å². The molecule has 0 aliphatic rings. The van der Waals surface area contributed by atoms with E-state index in [0.29, 0.717) is 12.8 Å². The second kappa shape index (κ2) is 22.7. The fourth-order valence-corrected chi connectivity index (χ4v) is 4.72. The average Bonchev–Trinajstić information content (AvgIpc) is 2.64. The smallest absolute Gasteiger partial charge is 0.748 e. The molecule has 0 aliphatic carbocycles. The van der Waals surface area contributed by atoms with E-state index >= 15 is 0 Å². The van der Waals surface area contributed by atoms with Gasteiger partial charge in [0.2, 0.25) is 0 Å². The number of unbranched alkanes of at least 4 members (excludes halogenated alkanes) is 12. The fraction of sp³-hybridized carbons (Fsp3) is 1.00. The van der Waals surface area contributed by atoms with E-state index in [2.05, 4.69) is 6.92 Å². The van der Waals surface area contributed by atoms with Crippen LogP contribution < -0.4 is 51.4 Å². The molecule has 0 fully saturated rings. The predicted molar refractivity (Wildman–Crippen MR) is 119 cm³/mol. The van der Waals surface area contributed by atoms with Crippen LogP contribution in [0, 0.1) is 0 Å². The van der Waals surface area contributed by atoms with Crippen LogP contribution in [0.2, 0.25) is 0 Å². The Kier molecular flexibility index (Phi) is 25.6. The van der Waals surface area contributed by atoms with Crippen LogP contribution in [0.3, 0.4) is 0 Å². The van der Waals surface area contributed by atoms with Crippen LogP contribution in [-0.2, 0) is 10.1 Å². The van der Waals surface area contributed by atoms with Gasteiger partial charge in [-0.05, 0) is 25.7 Å². The van der Waals surface area contributed by atoms with Gasteiger partial charge in [-0.25, -0.2) is 8.42 Å². The molecule has 2 unspecified atom stereocenters. The van der Waals surface area contributed by atoms with Crippen molar-refractivity contribution in [1.82, 2.24) is 0 Å². The Morgan fingerprint density at radius 3 is 1.38 bits per heavy atom. The Balaban J connectivity index is 0. The first-order valence-electron chi connectivity index (χ1n) is 12.0. The normalized spacial score (nSPS) is 13.8. The van der Waals surface area contributed by atoms with Crippen molar-refractivity contribution in [2.24, 2.45) is 0 Å². The first-order chi connectivity index (χ1) is 13.4. The topological polar surface area (TPSA) is 77.4 Å². The summed E-state index contributed by atoms with van der Waals surface area (Å²) in [7, 11) is -4.13. The summed E-state index contributed by atoms with van der Waals surface area (Å²) < 4.78 is 33.8. The maximum absolute atomic E-state index is 11.3. The Labute approximate surface area is 224 Å². The molecule has 29 heavy (non-hydrogen) atoms. The number of hydrogen-bond acceptors (Lipinski definition) is 4. The molecule has 0 rings (SSSR count). The van der Waals surface area contributed by atoms with Crippen molar-refractivity contribution in [3.8, 4) is 0 Å². The first kappa shape index (κ1) is 32.7. The summed E-state index contributed by atoms with van der Waals surface area (Å²) >= 11 is 0. The summed E-state index contributed by atoms with van der Waals surface area (Å²) in [6.07, 6.45) is 19.9. The molecule has 0 aromatic rings. The maximum Gasteiger partial charge on any atom is 1.00 e. The molecule has 0 saturated heterocycles. The van der Waals surface area contributed by atoms with Crippen LogP contribution in [0.15, 0.2) is 0 Å². The van der Waals surface area contributed by atoms with E-state index in [0.717, 1.165) is 57.8 Å². The van der Waals surface area contributed by atoms with Gasteiger partial charge in [0.1, 0.15) is 0 Å². The van der Waals surface area contributed by atoms with E-state index in [4.69, 9.17) is 0 Å². The van der Waals surface area contributed by atoms with Crippen molar-refractivity contribution in [3.05, 3.63) is 0 Å². The van der Waals surface area contributed by atoms with E-state index < -0.39 is 15.4 Å². The van der Waals surface area contributed by atoms with Crippen molar-refractivity contribution in [3.63, 3.8) is 0 Å². The molecule has 2 atom stereocenters. The predicted octanol–water partition coefficient (Wildman–Crippen LogP) is 3.72. The number of aliphatic hydroxyl groups excluding tert-OH is 1. The zero-order valence-electron chi connectivity index (χ0n) is 19.7. The summed E-state index contributed by atoms with van der Waals surface area (Å²) in [5, 5.41) is 9.22. The number of rotatable bonds is 21. The quantitative estimate of drug-likeness (QED) is 0.162. The van der Waals surface area contributed by atoms with Crippen molar-refractivity contribution < 1.29 is 69.5 Å². The summed E-state index contributed by atoms with van der Waals surface area (Å²) in [4.78, 5) is 0. The minimum Gasteiger partial charge on any atom is -0.748 e. The summed E-state index contributed by atoms with van der Waals surface area (Å²) in [6.45, 7) is 4.21. The SMILES string of the molecule is CCCCCC(O)CCCCCCCCCCCCC(CCCC)S(=O)(=O)[O-].[K+]. The van der Waals surface area contributed by atoms with Gasteiger partial charge in [-0.2, -0.15) is 0 Å². The van der Waals surface area contributed by atoms with Gasteiger partial charge in [0.25, 0.3) is 0 Å². The maximum atomic E-state index is 11.3. The van der Waals surface area contributed by atoms with E-state index in [1.54, 1.807) is 0 Å². The van der Waals surface area contributed by atoms with E-state index in [-0.39, 0.29) is 57.5 Å². The van der Waals surface area contributed by atoms with E-state index in [9.17, 15) is 18.1 Å². The molecule has 1 N–H and O–H groups in total. The molecule has 0 bridgehead atoms. The first-order valence-corrected chi connectivity index (χ1v) is 13.5. The zero-order valence-corrected chi connectivity index (χ0v) is 23.6. The van der Waals surface area contributed by atoms with Gasteiger partial charge in [-0.15, -0.1) is 0 Å². The van der Waals surface area contributed by atoms with Gasteiger partial charge < -0.3 is 9.66 Å². The third-order valence-corrected chi connectivity index (χ3v) is 7.03. The summed E-state index contributed by atoms with van der Waals surface area (Å²) in [5.74, 6) is 0. The average molecular weight is 459 g/mol. The molecule has 6 heteroatoms. The van der Waals surface area contributed by atoms with E-state index in [1.807, 2.05) is 6.92 Å². The van der Waals surface area contributed by atoms with Gasteiger partial charge in [-0.1, -0.05) is 110 Å². The number of aliphatic hydroxyl groups is 1. The molecular formula is C23H47KO4S. The van der Waals surface area contributed by atoms with Crippen molar-refractivity contribution in [2.45, 2.75) is 147 Å². The molecule has 0 radical (unpaired) electrons. The van der Waals surface area contributed by atoms with Crippen LogP contribution in [0.4, 0.5) is 0 Å². The molecule has 0 saturated carbocycles. The fourth-order valence-electron chi connectivity index (χ4n) is 3.81. The van der Waals surface area contributed by atoms with Crippen LogP contribution in [0.5, 0.6) is 0 Å². The molecule has 0 aromatic carbocycles. The third-order valence-electron chi connectivity index (χ3n) is 5.74. The summed E-state index contributed by atoms with van der Waals surface area (Å²) in [6, 6.07) is 0. The molecular weight excluding hydrogens is 411 g/mol. The molecule has 0 amide bonds. The Morgan fingerprint density at radius 2 is 0.966 bits per heavy atom. The van der Waals surface area contributed by atoms with Gasteiger partial charge in [0.15, 0.2) is 0 Å². The van der Waals surface area contributed by atoms with Gasteiger partial charge in [-0.3, -0.25) is 0 Å². The van der Waals surface area contributed by atoms with Crippen LogP contribution in [-0.4, -0.2) is 29.4 Å². The van der Waals surface area contributed by atoms with E-state index in [1.165, 1.54) is 51.4 Å². The van der Waals surface area contributed by atoms with Gasteiger partial charge in [0, 0.05) is 5.25 Å². The summed E-state index contributed by atoms with van der Waals surface area (Å²) in [5.41, 5.74) is 0. The van der Waals surface area contributed by atoms with Gasteiger partial charge in [0.05, 0.1) is 16.2 Å². The Bertz CT molecular complexity index is 429. The second-order valence-corrected chi connectivity index (χ2v) is 10.2. The monoisotopic (exact) mass is 458 g/mol. The van der Waals surface area contributed by atoms with Crippen LogP contribution in [0.25, 0.3) is 0 Å². The van der Waals surface area contributed by atoms with Crippen LogP contribution in [0.1, 0.15) is 136 Å². The number of hydrogen-bond donors (Lipinski definition) is 1. The standard InChI is InChI=1S/C23H48O4S.K/c1-3-5-15-18-22(24)19-16-13-11-9-7-8-10-12-14-17-21-23(20-6-4-2)28(25,26)27;/h22-24H,3-21H2,1-2H3,(H,25,26,27);/q;+1/p-1. The zero-order chi connectivity index (χ0) is 21.1. The Hall–Kier alpha value is 1.51. The van der Waals surface area contributed by atoms with Gasteiger partial charge >= 0.3 is 51.4 Å².